The van der Waals surface area contributed by atoms with Gasteiger partial charge in [-0.1, -0.05) is 20.8 Å². The van der Waals surface area contributed by atoms with Crippen molar-refractivity contribution < 1.29 is 9.90 Å². The minimum absolute atomic E-state index is 0.00447. The summed E-state index contributed by atoms with van der Waals surface area (Å²) in [5.74, 6) is 0.848. The van der Waals surface area contributed by atoms with Crippen LogP contribution in [0.4, 0.5) is 5.82 Å². The van der Waals surface area contributed by atoms with Crippen molar-refractivity contribution in [2.24, 2.45) is 5.92 Å². The highest BCUT2D eigenvalue weighted by molar-refractivity contribution is 5.95. The van der Waals surface area contributed by atoms with Gasteiger partial charge in [-0.15, -0.1) is 0 Å². The summed E-state index contributed by atoms with van der Waals surface area (Å²) in [4.78, 5) is 18.6. The van der Waals surface area contributed by atoms with Crippen LogP contribution in [0, 0.1) is 5.92 Å². The molecule has 1 aromatic rings. The molecule has 20 heavy (non-hydrogen) atoms. The molecule has 1 aliphatic heterocycles. The lowest BCUT2D eigenvalue weighted by molar-refractivity contribution is 0.0648. The van der Waals surface area contributed by atoms with Crippen LogP contribution in [0.3, 0.4) is 0 Å². The number of aliphatic hydroxyl groups is 1. The van der Waals surface area contributed by atoms with Crippen LogP contribution in [-0.4, -0.2) is 40.1 Å². The van der Waals surface area contributed by atoms with Gasteiger partial charge < -0.3 is 15.7 Å². The van der Waals surface area contributed by atoms with Gasteiger partial charge in [-0.2, -0.15) is 0 Å². The second kappa shape index (κ2) is 5.79. The molecule has 0 saturated carbocycles. The molecule has 0 bridgehead atoms. The number of amides is 1. The average molecular weight is 277 g/mol. The Labute approximate surface area is 119 Å². The molecule has 0 spiro atoms. The molecule has 2 rings (SSSR count). The summed E-state index contributed by atoms with van der Waals surface area (Å²) in [6.45, 7) is 6.79. The third-order valence-corrected chi connectivity index (χ3v) is 4.03. The van der Waals surface area contributed by atoms with Crippen molar-refractivity contribution in [2.75, 3.05) is 18.9 Å². The van der Waals surface area contributed by atoms with Gasteiger partial charge in [0.05, 0.1) is 12.6 Å². The maximum absolute atomic E-state index is 12.6. The summed E-state index contributed by atoms with van der Waals surface area (Å²) < 4.78 is 0. The molecule has 2 atom stereocenters. The number of rotatable bonds is 3. The number of hydrogen-bond donors (Lipinski definition) is 2. The van der Waals surface area contributed by atoms with E-state index < -0.39 is 0 Å². The topological polar surface area (TPSA) is 79.5 Å². The van der Waals surface area contributed by atoms with Gasteiger partial charge >= 0.3 is 0 Å². The van der Waals surface area contributed by atoms with E-state index >= 15 is 0 Å². The highest BCUT2D eigenvalue weighted by atomic mass is 16.3. The normalized spacial score (nSPS) is 22.6. The number of carbonyl (C=O) groups is 1. The molecule has 2 heterocycles. The van der Waals surface area contributed by atoms with Gasteiger partial charge in [-0.25, -0.2) is 4.98 Å². The van der Waals surface area contributed by atoms with E-state index in [0.29, 0.717) is 23.8 Å². The lowest BCUT2D eigenvalue weighted by Crippen LogP contribution is -2.39. The predicted molar refractivity (Wildman–Crippen MR) is 78.4 cm³/mol. The van der Waals surface area contributed by atoms with E-state index in [4.69, 9.17) is 5.73 Å². The maximum Gasteiger partial charge on any atom is 0.254 e. The number of pyridine rings is 1. The molecular weight excluding hydrogens is 254 g/mol. The van der Waals surface area contributed by atoms with Crippen LogP contribution in [0.2, 0.25) is 0 Å². The molecule has 0 aromatic carbocycles. The second-order valence-electron chi connectivity index (χ2n) is 5.87. The van der Waals surface area contributed by atoms with E-state index in [-0.39, 0.29) is 24.5 Å². The minimum atomic E-state index is -0.0978. The molecule has 1 fully saturated rings. The van der Waals surface area contributed by atoms with Crippen LogP contribution in [0.5, 0.6) is 0 Å². The Balaban J connectivity index is 2.29. The molecule has 5 nitrogen and oxygen atoms in total. The van der Waals surface area contributed by atoms with Crippen LogP contribution in [0.1, 0.15) is 49.2 Å². The zero-order chi connectivity index (χ0) is 14.9. The number of nitrogens with zero attached hydrogens (tertiary/aromatic N) is 2. The Bertz CT molecular complexity index is 502. The summed E-state index contributed by atoms with van der Waals surface area (Å²) in [5.41, 5.74) is 7.18. The molecular formula is C15H23N3O2. The summed E-state index contributed by atoms with van der Waals surface area (Å²) in [6, 6.07) is 3.33. The van der Waals surface area contributed by atoms with Gasteiger partial charge in [0.15, 0.2) is 0 Å². The van der Waals surface area contributed by atoms with Crippen molar-refractivity contribution in [3.05, 3.63) is 23.4 Å². The van der Waals surface area contributed by atoms with Crippen LogP contribution in [-0.2, 0) is 0 Å². The minimum Gasteiger partial charge on any atom is -0.394 e. The Kier molecular flexibility index (Phi) is 4.28. The smallest absolute Gasteiger partial charge is 0.254 e. The summed E-state index contributed by atoms with van der Waals surface area (Å²) in [7, 11) is 0. The van der Waals surface area contributed by atoms with Crippen molar-refractivity contribution in [1.82, 2.24) is 9.88 Å². The van der Waals surface area contributed by atoms with Gasteiger partial charge in [-0.05, 0) is 30.4 Å². The standard InChI is InChI=1S/C15H23N3O2/c1-9(2)12-6-11(7-14(16)17-12)15(20)18-5-4-10(3)13(18)8-19/h6-7,9-10,13,19H,4-5,8H2,1-3H3,(H2,16,17). The van der Waals surface area contributed by atoms with E-state index in [0.717, 1.165) is 12.1 Å². The van der Waals surface area contributed by atoms with Crippen LogP contribution < -0.4 is 5.73 Å². The highest BCUT2D eigenvalue weighted by Crippen LogP contribution is 2.26. The molecule has 1 aliphatic rings. The largest absolute Gasteiger partial charge is 0.394 e. The summed E-state index contributed by atoms with van der Waals surface area (Å²) >= 11 is 0. The first kappa shape index (κ1) is 14.8. The SMILES string of the molecule is CC(C)c1cc(C(=O)N2CCC(C)C2CO)cc(N)n1. The van der Waals surface area contributed by atoms with Gasteiger partial charge in [0.2, 0.25) is 0 Å². The Morgan fingerprint density at radius 3 is 2.85 bits per heavy atom. The van der Waals surface area contributed by atoms with Crippen LogP contribution in [0.15, 0.2) is 12.1 Å². The fraction of sp³-hybridized carbons (Fsp3) is 0.600. The first-order chi connectivity index (χ1) is 9.43. The Morgan fingerprint density at radius 2 is 2.25 bits per heavy atom. The summed E-state index contributed by atoms with van der Waals surface area (Å²) in [6.07, 6.45) is 0.925. The highest BCUT2D eigenvalue weighted by Gasteiger charge is 2.34. The van der Waals surface area contributed by atoms with Crippen molar-refractivity contribution in [3.8, 4) is 0 Å². The number of anilines is 1. The third-order valence-electron chi connectivity index (χ3n) is 4.03. The van der Waals surface area contributed by atoms with E-state index in [1.165, 1.54) is 0 Å². The number of nitrogens with two attached hydrogens (primary N) is 1. The van der Waals surface area contributed by atoms with Gasteiger partial charge in [0.25, 0.3) is 5.91 Å². The van der Waals surface area contributed by atoms with Crippen LogP contribution >= 0.6 is 0 Å². The fourth-order valence-corrected chi connectivity index (χ4v) is 2.70. The van der Waals surface area contributed by atoms with Crippen molar-refractivity contribution in [3.63, 3.8) is 0 Å². The first-order valence-electron chi connectivity index (χ1n) is 7.13. The average Bonchev–Trinajstić information content (AvgIpc) is 2.78. The van der Waals surface area contributed by atoms with Gasteiger partial charge in [0, 0.05) is 17.8 Å². The molecule has 2 unspecified atom stereocenters. The number of carbonyl (C=O) groups excluding carboxylic acids is 1. The fourth-order valence-electron chi connectivity index (χ4n) is 2.70. The number of hydrogen-bond acceptors (Lipinski definition) is 4. The first-order valence-corrected chi connectivity index (χ1v) is 7.13. The zero-order valence-corrected chi connectivity index (χ0v) is 12.3. The number of aromatic nitrogens is 1. The van der Waals surface area contributed by atoms with E-state index in [2.05, 4.69) is 11.9 Å². The summed E-state index contributed by atoms with van der Waals surface area (Å²) in [5, 5.41) is 9.47. The zero-order valence-electron chi connectivity index (χ0n) is 12.3. The molecule has 0 radical (unpaired) electrons. The second-order valence-corrected chi connectivity index (χ2v) is 5.87. The van der Waals surface area contributed by atoms with E-state index in [1.807, 2.05) is 13.8 Å². The maximum atomic E-state index is 12.6. The molecule has 5 heteroatoms. The number of aliphatic hydroxyl groups excluding tert-OH is 1. The van der Waals surface area contributed by atoms with Gasteiger partial charge in [-0.3, -0.25) is 4.79 Å². The van der Waals surface area contributed by atoms with E-state index in [1.54, 1.807) is 17.0 Å². The molecule has 0 aliphatic carbocycles. The predicted octanol–water partition coefficient (Wildman–Crippen LogP) is 1.63. The lowest BCUT2D eigenvalue weighted by Gasteiger charge is -2.25. The van der Waals surface area contributed by atoms with Crippen molar-refractivity contribution in [1.29, 1.82) is 0 Å². The molecule has 1 amide bonds. The van der Waals surface area contributed by atoms with Crippen molar-refractivity contribution >= 4 is 11.7 Å². The monoisotopic (exact) mass is 277 g/mol. The molecule has 1 saturated heterocycles. The van der Waals surface area contributed by atoms with Crippen molar-refractivity contribution in [2.45, 2.75) is 39.2 Å². The van der Waals surface area contributed by atoms with Crippen LogP contribution in [0.25, 0.3) is 0 Å². The van der Waals surface area contributed by atoms with E-state index in [9.17, 15) is 9.90 Å². The molecule has 3 N–H and O–H groups in total. The number of nitrogen functional groups attached to an aromatic ring is 1. The molecule has 1 aromatic heterocycles. The molecule has 110 valence electrons. The van der Waals surface area contributed by atoms with Gasteiger partial charge in [0.1, 0.15) is 5.82 Å². The lowest BCUT2D eigenvalue weighted by atomic mass is 10.0. The third kappa shape index (κ3) is 2.77. The quantitative estimate of drug-likeness (QED) is 0.880. The Morgan fingerprint density at radius 1 is 1.55 bits per heavy atom. The number of likely N-dealkylation sites (tertiary alicyclic amines) is 1. The Hall–Kier alpha value is -1.62.